The fourth-order valence-corrected chi connectivity index (χ4v) is 1.73. The van der Waals surface area contributed by atoms with Crippen molar-refractivity contribution in [3.05, 3.63) is 35.9 Å². The molecule has 0 unspecified atom stereocenters. The van der Waals surface area contributed by atoms with Gasteiger partial charge < -0.3 is 15.3 Å². The van der Waals surface area contributed by atoms with E-state index in [1.54, 1.807) is 7.05 Å². The summed E-state index contributed by atoms with van der Waals surface area (Å²) < 4.78 is 0. The number of nitrogens with one attached hydrogen (secondary N) is 1. The van der Waals surface area contributed by atoms with Crippen molar-refractivity contribution in [2.75, 3.05) is 20.1 Å². The van der Waals surface area contributed by atoms with E-state index in [2.05, 4.69) is 5.32 Å². The Morgan fingerprint density at radius 2 is 1.81 bits per heavy atom. The second-order valence-electron chi connectivity index (χ2n) is 4.72. The molecule has 1 aromatic rings. The van der Waals surface area contributed by atoms with Crippen molar-refractivity contribution >= 4 is 17.8 Å². The first-order valence-electron chi connectivity index (χ1n) is 6.75. The molecule has 21 heavy (non-hydrogen) atoms. The van der Waals surface area contributed by atoms with Crippen LogP contribution in [0.4, 0.5) is 0 Å². The van der Waals surface area contributed by atoms with Crippen molar-refractivity contribution in [2.24, 2.45) is 0 Å². The van der Waals surface area contributed by atoms with Gasteiger partial charge >= 0.3 is 5.97 Å². The largest absolute Gasteiger partial charge is 0.481 e. The summed E-state index contributed by atoms with van der Waals surface area (Å²) in [5, 5.41) is 11.2. The van der Waals surface area contributed by atoms with Gasteiger partial charge in [0.15, 0.2) is 0 Å². The van der Waals surface area contributed by atoms with Gasteiger partial charge in [0, 0.05) is 26.6 Å². The standard InChI is InChI=1S/C15H20N2O4/c1-17(10-8-15(20)21)14(19)7-9-16-13(18)11-12-5-3-2-4-6-12/h2-6H,7-11H2,1H3,(H,16,18)(H,20,21). The fourth-order valence-electron chi connectivity index (χ4n) is 1.73. The molecule has 0 bridgehead atoms. The first kappa shape index (κ1) is 16.7. The number of carboxylic acid groups (broad SMARTS) is 1. The Hall–Kier alpha value is -2.37. The second kappa shape index (κ2) is 8.73. The van der Waals surface area contributed by atoms with Crippen LogP contribution in [0.5, 0.6) is 0 Å². The van der Waals surface area contributed by atoms with Gasteiger partial charge in [-0.25, -0.2) is 0 Å². The first-order chi connectivity index (χ1) is 9.99. The van der Waals surface area contributed by atoms with E-state index in [9.17, 15) is 14.4 Å². The quantitative estimate of drug-likeness (QED) is 0.737. The van der Waals surface area contributed by atoms with E-state index >= 15 is 0 Å². The molecule has 0 heterocycles. The Morgan fingerprint density at radius 1 is 1.14 bits per heavy atom. The third-order valence-corrected chi connectivity index (χ3v) is 2.96. The molecule has 6 nitrogen and oxygen atoms in total. The van der Waals surface area contributed by atoms with Gasteiger partial charge in [0.2, 0.25) is 11.8 Å². The van der Waals surface area contributed by atoms with Crippen LogP contribution in [0.1, 0.15) is 18.4 Å². The number of carbonyl (C=O) groups excluding carboxylic acids is 2. The molecule has 2 amide bonds. The van der Waals surface area contributed by atoms with Crippen molar-refractivity contribution in [2.45, 2.75) is 19.3 Å². The average molecular weight is 292 g/mol. The van der Waals surface area contributed by atoms with Crippen molar-refractivity contribution in [1.82, 2.24) is 10.2 Å². The van der Waals surface area contributed by atoms with Gasteiger partial charge in [-0.05, 0) is 5.56 Å². The minimum absolute atomic E-state index is 0.0807. The molecule has 2 N–H and O–H groups in total. The molecule has 0 aliphatic rings. The predicted molar refractivity (Wildman–Crippen MR) is 77.7 cm³/mol. The zero-order valence-electron chi connectivity index (χ0n) is 12.0. The summed E-state index contributed by atoms with van der Waals surface area (Å²) >= 11 is 0. The first-order valence-corrected chi connectivity index (χ1v) is 6.75. The summed E-state index contributed by atoms with van der Waals surface area (Å²) in [6, 6.07) is 9.34. The van der Waals surface area contributed by atoms with Gasteiger partial charge in [-0.15, -0.1) is 0 Å². The minimum atomic E-state index is -0.939. The van der Waals surface area contributed by atoms with Gasteiger partial charge in [0.1, 0.15) is 0 Å². The van der Waals surface area contributed by atoms with Gasteiger partial charge in [-0.2, -0.15) is 0 Å². The van der Waals surface area contributed by atoms with Crippen LogP contribution >= 0.6 is 0 Å². The minimum Gasteiger partial charge on any atom is -0.481 e. The van der Waals surface area contributed by atoms with Crippen LogP contribution < -0.4 is 5.32 Å². The SMILES string of the molecule is CN(CCC(=O)O)C(=O)CCNC(=O)Cc1ccccc1. The predicted octanol–water partition coefficient (Wildman–Crippen LogP) is 0.669. The molecule has 0 fully saturated rings. The van der Waals surface area contributed by atoms with E-state index in [-0.39, 0.29) is 44.2 Å². The highest BCUT2D eigenvalue weighted by Gasteiger charge is 2.10. The Bertz CT molecular complexity index is 488. The summed E-state index contributed by atoms with van der Waals surface area (Å²) in [6.45, 7) is 0.425. The molecular weight excluding hydrogens is 272 g/mol. The molecule has 0 spiro atoms. The lowest BCUT2D eigenvalue weighted by atomic mass is 10.1. The molecule has 114 valence electrons. The Kier molecular flexibility index (Phi) is 6.94. The zero-order chi connectivity index (χ0) is 15.7. The molecule has 0 aliphatic heterocycles. The van der Waals surface area contributed by atoms with Crippen LogP contribution in [0.15, 0.2) is 30.3 Å². The third-order valence-electron chi connectivity index (χ3n) is 2.96. The highest BCUT2D eigenvalue weighted by Crippen LogP contribution is 1.99. The Morgan fingerprint density at radius 3 is 2.43 bits per heavy atom. The monoisotopic (exact) mass is 292 g/mol. The van der Waals surface area contributed by atoms with E-state index in [0.29, 0.717) is 0 Å². The third kappa shape index (κ3) is 7.10. The number of carbonyl (C=O) groups is 3. The van der Waals surface area contributed by atoms with Crippen molar-refractivity contribution in [3.8, 4) is 0 Å². The normalized spacial score (nSPS) is 9.95. The van der Waals surface area contributed by atoms with E-state index in [1.807, 2.05) is 30.3 Å². The maximum Gasteiger partial charge on any atom is 0.305 e. The van der Waals surface area contributed by atoms with E-state index < -0.39 is 5.97 Å². The molecule has 1 rings (SSSR count). The molecular formula is C15H20N2O4. The zero-order valence-corrected chi connectivity index (χ0v) is 12.0. The lowest BCUT2D eigenvalue weighted by Gasteiger charge is -2.16. The van der Waals surface area contributed by atoms with Crippen molar-refractivity contribution in [1.29, 1.82) is 0 Å². The highest BCUT2D eigenvalue weighted by atomic mass is 16.4. The molecule has 6 heteroatoms. The van der Waals surface area contributed by atoms with Crippen LogP contribution in [0, 0.1) is 0 Å². The summed E-state index contributed by atoms with van der Waals surface area (Å²) in [4.78, 5) is 35.1. The number of rotatable bonds is 8. The number of amides is 2. The number of aliphatic carboxylic acids is 1. The fraction of sp³-hybridized carbons (Fsp3) is 0.400. The lowest BCUT2D eigenvalue weighted by Crippen LogP contribution is -2.33. The summed E-state index contributed by atoms with van der Waals surface area (Å²) in [7, 11) is 1.55. The van der Waals surface area contributed by atoms with Crippen molar-refractivity contribution < 1.29 is 19.5 Å². The summed E-state index contributed by atoms with van der Waals surface area (Å²) in [5.41, 5.74) is 0.917. The van der Waals surface area contributed by atoms with Gasteiger partial charge in [0.25, 0.3) is 0 Å². The lowest BCUT2D eigenvalue weighted by molar-refractivity contribution is -0.138. The van der Waals surface area contributed by atoms with Crippen LogP contribution in [-0.4, -0.2) is 47.9 Å². The molecule has 0 saturated carbocycles. The maximum atomic E-state index is 11.7. The van der Waals surface area contributed by atoms with E-state index in [1.165, 1.54) is 4.90 Å². The molecule has 0 aliphatic carbocycles. The van der Waals surface area contributed by atoms with Crippen LogP contribution in [0.3, 0.4) is 0 Å². The summed E-state index contributed by atoms with van der Waals surface area (Å²) in [5.74, 6) is -1.26. The van der Waals surface area contributed by atoms with Crippen LogP contribution in [0.2, 0.25) is 0 Å². The highest BCUT2D eigenvalue weighted by molar-refractivity contribution is 5.80. The molecule has 0 atom stereocenters. The van der Waals surface area contributed by atoms with E-state index in [0.717, 1.165) is 5.56 Å². The van der Waals surface area contributed by atoms with Gasteiger partial charge in [-0.3, -0.25) is 14.4 Å². The van der Waals surface area contributed by atoms with Gasteiger partial charge in [0.05, 0.1) is 12.8 Å². The number of carboxylic acids is 1. The Balaban J connectivity index is 2.22. The summed E-state index contributed by atoms with van der Waals surface area (Å²) in [6.07, 6.45) is 0.364. The van der Waals surface area contributed by atoms with Crippen LogP contribution in [0.25, 0.3) is 0 Å². The average Bonchev–Trinajstić information content (AvgIpc) is 2.45. The number of nitrogens with zero attached hydrogens (tertiary/aromatic N) is 1. The Labute approximate surface area is 123 Å². The van der Waals surface area contributed by atoms with Crippen LogP contribution in [-0.2, 0) is 20.8 Å². The maximum absolute atomic E-state index is 11.7. The number of hydrogen-bond donors (Lipinski definition) is 2. The number of hydrogen-bond acceptors (Lipinski definition) is 3. The molecule has 0 radical (unpaired) electrons. The smallest absolute Gasteiger partial charge is 0.305 e. The van der Waals surface area contributed by atoms with Crippen molar-refractivity contribution in [3.63, 3.8) is 0 Å². The molecule has 0 saturated heterocycles. The van der Waals surface area contributed by atoms with E-state index in [4.69, 9.17) is 5.11 Å². The van der Waals surface area contributed by atoms with Gasteiger partial charge in [-0.1, -0.05) is 30.3 Å². The number of benzene rings is 1. The second-order valence-corrected chi connectivity index (χ2v) is 4.72. The molecule has 1 aromatic carbocycles. The molecule has 0 aromatic heterocycles. The topological polar surface area (TPSA) is 86.7 Å².